The molecule has 1 heterocycles. The van der Waals surface area contributed by atoms with Crippen LogP contribution in [0.3, 0.4) is 0 Å². The number of rotatable bonds is 1. The fourth-order valence-electron chi connectivity index (χ4n) is 1.73. The highest BCUT2D eigenvalue weighted by atomic mass is 35.5. The predicted octanol–water partition coefficient (Wildman–Crippen LogP) is 3.58. The topological polar surface area (TPSA) is 32.3 Å². The summed E-state index contributed by atoms with van der Waals surface area (Å²) in [6, 6.07) is 5.50. The largest absolute Gasteiger partial charge is 0.322 e. The number of urea groups is 1. The summed E-state index contributed by atoms with van der Waals surface area (Å²) in [7, 11) is 0. The Hall–Kier alpha value is -0.870. The van der Waals surface area contributed by atoms with E-state index in [1.54, 1.807) is 17.8 Å². The van der Waals surface area contributed by atoms with Crippen molar-refractivity contribution in [1.82, 2.24) is 4.90 Å². The second-order valence-electron chi connectivity index (χ2n) is 4.06. The smallest absolute Gasteiger partial charge is 0.312 e. The zero-order valence-corrected chi connectivity index (χ0v) is 11.4. The van der Waals surface area contributed by atoms with E-state index in [9.17, 15) is 4.79 Å². The molecule has 1 aromatic carbocycles. The second kappa shape index (κ2) is 5.19. The van der Waals surface area contributed by atoms with Crippen LogP contribution in [0.25, 0.3) is 0 Å². The molecule has 2 rings (SSSR count). The van der Waals surface area contributed by atoms with Gasteiger partial charge in [0.2, 0.25) is 0 Å². The minimum atomic E-state index is -0.0533. The highest BCUT2D eigenvalue weighted by Crippen LogP contribution is 2.25. The van der Waals surface area contributed by atoms with Gasteiger partial charge in [-0.15, -0.1) is 11.8 Å². The van der Waals surface area contributed by atoms with Gasteiger partial charge in [-0.2, -0.15) is 0 Å². The van der Waals surface area contributed by atoms with E-state index in [0.717, 1.165) is 23.5 Å². The number of halogens is 1. The highest BCUT2D eigenvalue weighted by molar-refractivity contribution is 8.00. The monoisotopic (exact) mass is 270 g/mol. The molecule has 0 spiro atoms. The Morgan fingerprint density at radius 2 is 2.35 bits per heavy atom. The van der Waals surface area contributed by atoms with Gasteiger partial charge in [-0.3, -0.25) is 0 Å². The van der Waals surface area contributed by atoms with Crippen LogP contribution in [0.1, 0.15) is 12.5 Å². The van der Waals surface area contributed by atoms with E-state index in [-0.39, 0.29) is 11.4 Å². The fourth-order valence-corrected chi connectivity index (χ4v) is 2.93. The summed E-state index contributed by atoms with van der Waals surface area (Å²) in [5.74, 6) is 1.00. The van der Waals surface area contributed by atoms with Crippen LogP contribution in [0.5, 0.6) is 0 Å². The number of hydrogen-bond donors (Lipinski definition) is 1. The summed E-state index contributed by atoms with van der Waals surface area (Å²) >= 11 is 7.81. The van der Waals surface area contributed by atoms with Gasteiger partial charge in [-0.05, 0) is 31.5 Å². The third-order valence-corrected chi connectivity index (χ3v) is 4.38. The number of carbonyl (C=O) groups excluding carboxylic acids is 1. The first-order chi connectivity index (χ1) is 8.08. The lowest BCUT2D eigenvalue weighted by Crippen LogP contribution is -2.36. The van der Waals surface area contributed by atoms with Gasteiger partial charge in [0.25, 0.3) is 0 Å². The van der Waals surface area contributed by atoms with Crippen molar-refractivity contribution in [2.24, 2.45) is 0 Å². The van der Waals surface area contributed by atoms with Crippen LogP contribution in [-0.4, -0.2) is 28.6 Å². The van der Waals surface area contributed by atoms with Crippen molar-refractivity contribution < 1.29 is 4.79 Å². The first kappa shape index (κ1) is 12.6. The van der Waals surface area contributed by atoms with E-state index < -0.39 is 0 Å². The summed E-state index contributed by atoms with van der Waals surface area (Å²) in [6.07, 6.45) is 0. The Morgan fingerprint density at radius 1 is 1.59 bits per heavy atom. The van der Waals surface area contributed by atoms with E-state index in [2.05, 4.69) is 5.32 Å². The third kappa shape index (κ3) is 2.87. The molecule has 1 N–H and O–H groups in total. The van der Waals surface area contributed by atoms with Gasteiger partial charge >= 0.3 is 6.03 Å². The quantitative estimate of drug-likeness (QED) is 0.846. The van der Waals surface area contributed by atoms with Crippen LogP contribution >= 0.6 is 23.4 Å². The van der Waals surface area contributed by atoms with Gasteiger partial charge in [0.15, 0.2) is 0 Å². The second-order valence-corrected chi connectivity index (χ2v) is 5.89. The lowest BCUT2D eigenvalue weighted by atomic mass is 10.2. The van der Waals surface area contributed by atoms with Gasteiger partial charge in [-0.1, -0.05) is 17.7 Å². The maximum absolute atomic E-state index is 12.0. The summed E-state index contributed by atoms with van der Waals surface area (Å²) < 4.78 is 0. The summed E-state index contributed by atoms with van der Waals surface area (Å²) in [5, 5.41) is 3.79. The highest BCUT2D eigenvalue weighted by Gasteiger charge is 2.25. The summed E-state index contributed by atoms with van der Waals surface area (Å²) in [5.41, 5.74) is 1.75. The van der Waals surface area contributed by atoms with Crippen molar-refractivity contribution in [3.05, 3.63) is 28.8 Å². The van der Waals surface area contributed by atoms with Gasteiger partial charge < -0.3 is 10.2 Å². The maximum atomic E-state index is 12.0. The lowest BCUT2D eigenvalue weighted by molar-refractivity contribution is 0.216. The Labute approximate surface area is 111 Å². The number of amides is 2. The van der Waals surface area contributed by atoms with Crippen molar-refractivity contribution >= 4 is 35.1 Å². The SMILES string of the molecule is Cc1ccc(NC(=O)N2CCSC2C)cc1Cl. The van der Waals surface area contributed by atoms with E-state index in [0.29, 0.717) is 5.02 Å². The number of thioether (sulfide) groups is 1. The van der Waals surface area contributed by atoms with E-state index in [1.165, 1.54) is 0 Å². The molecular formula is C12H15ClN2OS. The number of anilines is 1. The Morgan fingerprint density at radius 3 is 2.94 bits per heavy atom. The molecule has 0 radical (unpaired) electrons. The molecule has 0 aromatic heterocycles. The van der Waals surface area contributed by atoms with Gasteiger partial charge in [0.05, 0.1) is 5.37 Å². The van der Waals surface area contributed by atoms with Crippen molar-refractivity contribution in [3.8, 4) is 0 Å². The maximum Gasteiger partial charge on any atom is 0.322 e. The van der Waals surface area contributed by atoms with Crippen molar-refractivity contribution in [3.63, 3.8) is 0 Å². The molecule has 1 saturated heterocycles. The molecule has 0 saturated carbocycles. The van der Waals surface area contributed by atoms with Crippen molar-refractivity contribution in [1.29, 1.82) is 0 Å². The van der Waals surface area contributed by atoms with E-state index in [1.807, 2.05) is 30.9 Å². The normalized spacial score (nSPS) is 19.5. The Kier molecular flexibility index (Phi) is 3.84. The van der Waals surface area contributed by atoms with Crippen LogP contribution in [0, 0.1) is 6.92 Å². The molecule has 2 amide bonds. The molecule has 0 bridgehead atoms. The molecule has 3 nitrogen and oxygen atoms in total. The zero-order chi connectivity index (χ0) is 12.4. The molecule has 1 unspecified atom stereocenters. The predicted molar refractivity (Wildman–Crippen MR) is 73.8 cm³/mol. The molecule has 5 heteroatoms. The average Bonchev–Trinajstić information content (AvgIpc) is 2.70. The van der Waals surface area contributed by atoms with Crippen molar-refractivity contribution in [2.75, 3.05) is 17.6 Å². The zero-order valence-electron chi connectivity index (χ0n) is 9.87. The fraction of sp³-hybridized carbons (Fsp3) is 0.417. The molecule has 0 aliphatic carbocycles. The number of benzene rings is 1. The third-order valence-electron chi connectivity index (χ3n) is 2.81. The number of hydrogen-bond acceptors (Lipinski definition) is 2. The standard InChI is InChI=1S/C12H15ClN2OS/c1-8-3-4-10(7-11(8)13)14-12(16)15-5-6-17-9(15)2/h3-4,7,9H,5-6H2,1-2H3,(H,14,16). The van der Waals surface area contributed by atoms with Crippen molar-refractivity contribution in [2.45, 2.75) is 19.2 Å². The average molecular weight is 271 g/mol. The summed E-state index contributed by atoms with van der Waals surface area (Å²) in [4.78, 5) is 13.8. The van der Waals surface area contributed by atoms with Crippen LogP contribution in [0.2, 0.25) is 5.02 Å². The number of aryl methyl sites for hydroxylation is 1. The lowest BCUT2D eigenvalue weighted by Gasteiger charge is -2.21. The number of carbonyl (C=O) groups is 1. The molecule has 17 heavy (non-hydrogen) atoms. The minimum Gasteiger partial charge on any atom is -0.312 e. The van der Waals surface area contributed by atoms with E-state index in [4.69, 9.17) is 11.6 Å². The van der Waals surface area contributed by atoms with Crippen LogP contribution in [0.4, 0.5) is 10.5 Å². The van der Waals surface area contributed by atoms with Crippen LogP contribution in [-0.2, 0) is 0 Å². The van der Waals surface area contributed by atoms with Gasteiger partial charge in [0, 0.05) is 23.0 Å². The minimum absolute atomic E-state index is 0.0533. The molecule has 1 aromatic rings. The Bertz CT molecular complexity index is 439. The van der Waals surface area contributed by atoms with Gasteiger partial charge in [-0.25, -0.2) is 4.79 Å². The van der Waals surface area contributed by atoms with Crippen LogP contribution < -0.4 is 5.32 Å². The first-order valence-electron chi connectivity index (χ1n) is 5.53. The van der Waals surface area contributed by atoms with Gasteiger partial charge in [0.1, 0.15) is 0 Å². The Balaban J connectivity index is 2.05. The molecule has 1 aliphatic rings. The van der Waals surface area contributed by atoms with E-state index >= 15 is 0 Å². The number of nitrogens with zero attached hydrogens (tertiary/aromatic N) is 1. The first-order valence-corrected chi connectivity index (χ1v) is 6.96. The molecule has 1 aliphatic heterocycles. The molecular weight excluding hydrogens is 256 g/mol. The van der Waals surface area contributed by atoms with Crippen LogP contribution in [0.15, 0.2) is 18.2 Å². The molecule has 1 atom stereocenters. The number of nitrogens with one attached hydrogen (secondary N) is 1. The molecule has 1 fully saturated rings. The summed E-state index contributed by atoms with van der Waals surface area (Å²) in [6.45, 7) is 4.78. The molecule has 92 valence electrons.